The second-order valence-corrected chi connectivity index (χ2v) is 4.68. The summed E-state index contributed by atoms with van der Waals surface area (Å²) in [5, 5.41) is 5.44. The molecule has 2 N–H and O–H groups in total. The summed E-state index contributed by atoms with van der Waals surface area (Å²) in [6, 6.07) is 14.8. The summed E-state index contributed by atoms with van der Waals surface area (Å²) >= 11 is 0. The van der Waals surface area contributed by atoms with E-state index < -0.39 is 0 Å². The smallest absolute Gasteiger partial charge is 0.319 e. The fourth-order valence-corrected chi connectivity index (χ4v) is 1.82. The predicted octanol–water partition coefficient (Wildman–Crippen LogP) is 3.18. The van der Waals surface area contributed by atoms with Gasteiger partial charge in [-0.15, -0.1) is 0 Å². The van der Waals surface area contributed by atoms with Crippen LogP contribution in [0.1, 0.15) is 11.1 Å². The Bertz CT molecular complexity index is 697. The van der Waals surface area contributed by atoms with Crippen molar-refractivity contribution in [2.75, 3.05) is 19.0 Å². The van der Waals surface area contributed by atoms with Gasteiger partial charge in [0.05, 0.1) is 19.2 Å². The maximum atomic E-state index is 11.7. The van der Waals surface area contributed by atoms with Gasteiger partial charge >= 0.3 is 6.03 Å². The highest BCUT2D eigenvalue weighted by atomic mass is 16.5. The van der Waals surface area contributed by atoms with E-state index in [-0.39, 0.29) is 12.6 Å². The molecular formula is C18H18N2O2. The Balaban J connectivity index is 1.85. The molecule has 0 fully saturated rings. The summed E-state index contributed by atoms with van der Waals surface area (Å²) in [5.41, 5.74) is 2.69. The first-order valence-corrected chi connectivity index (χ1v) is 6.92. The minimum atomic E-state index is -0.279. The summed E-state index contributed by atoms with van der Waals surface area (Å²) in [5.74, 6) is 6.60. The Morgan fingerprint density at radius 3 is 2.59 bits per heavy atom. The lowest BCUT2D eigenvalue weighted by atomic mass is 10.2. The number of aryl methyl sites for hydroxylation is 1. The zero-order chi connectivity index (χ0) is 15.8. The van der Waals surface area contributed by atoms with E-state index in [4.69, 9.17) is 4.74 Å². The van der Waals surface area contributed by atoms with Crippen LogP contribution in [-0.2, 0) is 0 Å². The molecule has 0 bridgehead atoms. The monoisotopic (exact) mass is 294 g/mol. The minimum absolute atomic E-state index is 0.260. The number of anilines is 1. The van der Waals surface area contributed by atoms with E-state index in [1.54, 1.807) is 7.11 Å². The highest BCUT2D eigenvalue weighted by Gasteiger charge is 1.99. The Morgan fingerprint density at radius 1 is 1.14 bits per heavy atom. The molecule has 0 saturated carbocycles. The van der Waals surface area contributed by atoms with Gasteiger partial charge < -0.3 is 15.4 Å². The molecule has 2 amide bonds. The number of carbonyl (C=O) groups excluding carboxylic acids is 1. The third-order valence-corrected chi connectivity index (χ3v) is 2.98. The van der Waals surface area contributed by atoms with Crippen LogP contribution in [0.3, 0.4) is 0 Å². The molecule has 0 aliphatic rings. The fourth-order valence-electron chi connectivity index (χ4n) is 1.82. The average Bonchev–Trinajstić information content (AvgIpc) is 2.54. The first kappa shape index (κ1) is 15.5. The molecule has 4 heteroatoms. The van der Waals surface area contributed by atoms with Gasteiger partial charge in [-0.1, -0.05) is 41.7 Å². The molecule has 0 aliphatic heterocycles. The van der Waals surface area contributed by atoms with Crippen LogP contribution in [-0.4, -0.2) is 19.7 Å². The molecule has 2 aromatic rings. The lowest BCUT2D eigenvalue weighted by molar-refractivity contribution is 0.253. The number of hydrogen-bond acceptors (Lipinski definition) is 2. The van der Waals surface area contributed by atoms with Crippen molar-refractivity contribution in [3.63, 3.8) is 0 Å². The molecule has 0 atom stereocenters. The summed E-state index contributed by atoms with van der Waals surface area (Å²) < 4.78 is 5.21. The SMILES string of the molecule is COc1ccccc1C#CCNC(=O)Nc1ccc(C)cc1. The molecule has 22 heavy (non-hydrogen) atoms. The number of hydrogen-bond donors (Lipinski definition) is 2. The minimum Gasteiger partial charge on any atom is -0.495 e. The zero-order valence-electron chi connectivity index (χ0n) is 12.6. The molecule has 0 heterocycles. The number of para-hydroxylation sites is 1. The van der Waals surface area contributed by atoms with Crippen LogP contribution in [0.2, 0.25) is 0 Å². The molecule has 2 rings (SSSR count). The number of urea groups is 1. The Kier molecular flexibility index (Phi) is 5.44. The van der Waals surface area contributed by atoms with E-state index in [1.165, 1.54) is 0 Å². The third kappa shape index (κ3) is 4.57. The highest BCUT2D eigenvalue weighted by molar-refractivity contribution is 5.89. The second-order valence-electron chi connectivity index (χ2n) is 4.68. The van der Waals surface area contributed by atoms with Gasteiger partial charge in [-0.2, -0.15) is 0 Å². The van der Waals surface area contributed by atoms with Crippen LogP contribution in [0.4, 0.5) is 10.5 Å². The first-order chi connectivity index (χ1) is 10.7. The summed E-state index contributed by atoms with van der Waals surface area (Å²) in [7, 11) is 1.60. The summed E-state index contributed by atoms with van der Waals surface area (Å²) in [4.78, 5) is 11.7. The Hall–Kier alpha value is -2.93. The van der Waals surface area contributed by atoms with Crippen molar-refractivity contribution in [1.29, 1.82) is 0 Å². The normalized spacial score (nSPS) is 9.36. The van der Waals surface area contributed by atoms with Crippen molar-refractivity contribution in [2.24, 2.45) is 0 Å². The van der Waals surface area contributed by atoms with Crippen LogP contribution in [0, 0.1) is 18.8 Å². The molecule has 4 nitrogen and oxygen atoms in total. The number of ether oxygens (including phenoxy) is 1. The summed E-state index contributed by atoms with van der Waals surface area (Å²) in [6.45, 7) is 2.26. The van der Waals surface area contributed by atoms with Crippen LogP contribution in [0.15, 0.2) is 48.5 Å². The average molecular weight is 294 g/mol. The van der Waals surface area contributed by atoms with Crippen molar-refractivity contribution in [2.45, 2.75) is 6.92 Å². The number of amides is 2. The standard InChI is InChI=1S/C18H18N2O2/c1-14-9-11-16(12-10-14)20-18(21)19-13-5-7-15-6-3-4-8-17(15)22-2/h3-4,6,8-12H,13H2,1-2H3,(H2,19,20,21). The molecule has 112 valence electrons. The van der Waals surface area contributed by atoms with Crippen LogP contribution in [0.5, 0.6) is 5.75 Å². The molecule has 0 radical (unpaired) electrons. The second kappa shape index (κ2) is 7.75. The van der Waals surface area contributed by atoms with Gasteiger partial charge in [0.1, 0.15) is 5.75 Å². The fraction of sp³-hybridized carbons (Fsp3) is 0.167. The van der Waals surface area contributed by atoms with Crippen LogP contribution < -0.4 is 15.4 Å². The van der Waals surface area contributed by atoms with E-state index in [0.29, 0.717) is 0 Å². The zero-order valence-corrected chi connectivity index (χ0v) is 12.6. The quantitative estimate of drug-likeness (QED) is 0.854. The predicted molar refractivity (Wildman–Crippen MR) is 88.1 cm³/mol. The largest absolute Gasteiger partial charge is 0.495 e. The van der Waals surface area contributed by atoms with Crippen molar-refractivity contribution in [1.82, 2.24) is 5.32 Å². The van der Waals surface area contributed by atoms with Gasteiger partial charge in [-0.05, 0) is 31.2 Å². The highest BCUT2D eigenvalue weighted by Crippen LogP contribution is 2.15. The molecule has 0 aliphatic carbocycles. The molecule has 0 unspecified atom stereocenters. The lowest BCUT2D eigenvalue weighted by Crippen LogP contribution is -2.28. The van der Waals surface area contributed by atoms with E-state index >= 15 is 0 Å². The van der Waals surface area contributed by atoms with Gasteiger partial charge in [0.2, 0.25) is 0 Å². The van der Waals surface area contributed by atoms with Gasteiger partial charge in [0, 0.05) is 5.69 Å². The van der Waals surface area contributed by atoms with Gasteiger partial charge in [0.15, 0.2) is 0 Å². The van der Waals surface area contributed by atoms with E-state index in [2.05, 4.69) is 22.5 Å². The molecule has 2 aromatic carbocycles. The Morgan fingerprint density at radius 2 is 1.86 bits per heavy atom. The van der Waals surface area contributed by atoms with Crippen LogP contribution in [0.25, 0.3) is 0 Å². The van der Waals surface area contributed by atoms with Crippen LogP contribution >= 0.6 is 0 Å². The van der Waals surface area contributed by atoms with E-state index in [0.717, 1.165) is 22.6 Å². The topological polar surface area (TPSA) is 50.4 Å². The molecule has 0 aromatic heterocycles. The summed E-state index contributed by atoms with van der Waals surface area (Å²) in [6.07, 6.45) is 0. The number of benzene rings is 2. The van der Waals surface area contributed by atoms with Crippen molar-refractivity contribution in [3.8, 4) is 17.6 Å². The van der Waals surface area contributed by atoms with Gasteiger partial charge in [0.25, 0.3) is 0 Å². The molecular weight excluding hydrogens is 276 g/mol. The first-order valence-electron chi connectivity index (χ1n) is 6.92. The molecule has 0 spiro atoms. The maximum Gasteiger partial charge on any atom is 0.319 e. The number of nitrogens with one attached hydrogen (secondary N) is 2. The number of carbonyl (C=O) groups is 1. The van der Waals surface area contributed by atoms with Gasteiger partial charge in [-0.3, -0.25) is 0 Å². The van der Waals surface area contributed by atoms with Crippen molar-refractivity contribution in [3.05, 3.63) is 59.7 Å². The van der Waals surface area contributed by atoms with Crippen molar-refractivity contribution < 1.29 is 9.53 Å². The van der Waals surface area contributed by atoms with E-state index in [9.17, 15) is 4.79 Å². The third-order valence-electron chi connectivity index (χ3n) is 2.98. The van der Waals surface area contributed by atoms with E-state index in [1.807, 2.05) is 55.5 Å². The van der Waals surface area contributed by atoms with Crippen molar-refractivity contribution >= 4 is 11.7 Å². The lowest BCUT2D eigenvalue weighted by Gasteiger charge is -2.05. The Labute approximate surface area is 130 Å². The number of methoxy groups -OCH3 is 1. The molecule has 0 saturated heterocycles. The number of rotatable bonds is 3. The van der Waals surface area contributed by atoms with Gasteiger partial charge in [-0.25, -0.2) is 4.79 Å². The maximum absolute atomic E-state index is 11.7.